The Bertz CT molecular complexity index is 1150. The minimum atomic E-state index is -1.53. The Morgan fingerprint density at radius 2 is 1.79 bits per heavy atom. The van der Waals surface area contributed by atoms with Crippen molar-refractivity contribution in [1.82, 2.24) is 20.5 Å². The normalized spacial score (nSPS) is 20.7. The standard InChI is InChI=1S/C28H39FN4O4S/c1-16-14-33(25(35)23(27(3,4)5)32-26(36)37-28(6,7)8)21(20(16)29)24(34)30-13-18-9-11-19(12-10-18)22-17(2)31-15-38-22/h9-12,15-16,20-21,23H,13-14H2,1-8H3,(H,30,34)(H,32,36)/t16-,20-,21-,23+/m0/s1. The molecule has 1 aromatic carbocycles. The molecule has 4 atom stereocenters. The molecule has 3 amide bonds. The van der Waals surface area contributed by atoms with Crippen molar-refractivity contribution in [2.75, 3.05) is 6.54 Å². The maximum absolute atomic E-state index is 15.3. The van der Waals surface area contributed by atoms with Gasteiger partial charge < -0.3 is 20.3 Å². The fraction of sp³-hybridized carbons (Fsp3) is 0.571. The van der Waals surface area contributed by atoms with Crippen molar-refractivity contribution in [2.24, 2.45) is 11.3 Å². The number of nitrogens with one attached hydrogen (secondary N) is 2. The molecule has 0 bridgehead atoms. The summed E-state index contributed by atoms with van der Waals surface area (Å²) in [6, 6.07) is 5.44. The van der Waals surface area contributed by atoms with E-state index in [9.17, 15) is 14.4 Å². The molecule has 3 rings (SSSR count). The molecule has 1 fully saturated rings. The minimum absolute atomic E-state index is 0.0730. The van der Waals surface area contributed by atoms with Gasteiger partial charge in [-0.15, -0.1) is 11.3 Å². The number of hydrogen-bond donors (Lipinski definition) is 2. The number of amides is 3. The highest BCUT2D eigenvalue weighted by atomic mass is 32.1. The van der Waals surface area contributed by atoms with Crippen LogP contribution in [0.5, 0.6) is 0 Å². The van der Waals surface area contributed by atoms with Crippen LogP contribution in [0.2, 0.25) is 0 Å². The van der Waals surface area contributed by atoms with Crippen LogP contribution < -0.4 is 10.6 Å². The molecular weight excluding hydrogens is 507 g/mol. The molecule has 0 spiro atoms. The first-order valence-corrected chi connectivity index (χ1v) is 13.7. The van der Waals surface area contributed by atoms with Gasteiger partial charge in [0.2, 0.25) is 11.8 Å². The zero-order valence-electron chi connectivity index (χ0n) is 23.4. The lowest BCUT2D eigenvalue weighted by Gasteiger charge is -2.35. The quantitative estimate of drug-likeness (QED) is 0.539. The largest absolute Gasteiger partial charge is 0.444 e. The number of alkyl carbamates (subject to hydrolysis) is 1. The predicted molar refractivity (Wildman–Crippen MR) is 146 cm³/mol. The summed E-state index contributed by atoms with van der Waals surface area (Å²) in [6.45, 7) is 14.5. The maximum atomic E-state index is 15.3. The van der Waals surface area contributed by atoms with Gasteiger partial charge >= 0.3 is 6.09 Å². The van der Waals surface area contributed by atoms with Crippen LogP contribution >= 0.6 is 11.3 Å². The lowest BCUT2D eigenvalue weighted by molar-refractivity contribution is -0.143. The van der Waals surface area contributed by atoms with Gasteiger partial charge in [0.05, 0.1) is 16.1 Å². The van der Waals surface area contributed by atoms with Gasteiger partial charge in [-0.3, -0.25) is 9.59 Å². The average molecular weight is 547 g/mol. The van der Waals surface area contributed by atoms with Crippen LogP contribution in [0.4, 0.5) is 9.18 Å². The van der Waals surface area contributed by atoms with E-state index in [0.717, 1.165) is 21.7 Å². The van der Waals surface area contributed by atoms with Crippen molar-refractivity contribution in [3.05, 3.63) is 41.0 Å². The highest BCUT2D eigenvalue weighted by Crippen LogP contribution is 2.31. The van der Waals surface area contributed by atoms with E-state index >= 15 is 4.39 Å². The van der Waals surface area contributed by atoms with Crippen LogP contribution in [-0.4, -0.2) is 58.2 Å². The van der Waals surface area contributed by atoms with Crippen molar-refractivity contribution in [1.29, 1.82) is 0 Å². The van der Waals surface area contributed by atoms with E-state index in [1.807, 2.05) is 31.2 Å². The molecule has 0 aliphatic carbocycles. The van der Waals surface area contributed by atoms with Gasteiger partial charge in [0.1, 0.15) is 23.9 Å². The van der Waals surface area contributed by atoms with E-state index in [2.05, 4.69) is 15.6 Å². The summed E-state index contributed by atoms with van der Waals surface area (Å²) in [7, 11) is 0. The molecule has 1 aliphatic heterocycles. The number of likely N-dealkylation sites (tertiary alicyclic amines) is 1. The molecule has 1 aliphatic rings. The number of alkyl halides is 1. The first-order valence-electron chi connectivity index (χ1n) is 12.8. The highest BCUT2D eigenvalue weighted by molar-refractivity contribution is 7.13. The molecule has 1 saturated heterocycles. The van der Waals surface area contributed by atoms with E-state index in [1.165, 1.54) is 4.90 Å². The fourth-order valence-corrected chi connectivity index (χ4v) is 5.22. The van der Waals surface area contributed by atoms with Crippen LogP contribution in [-0.2, 0) is 20.9 Å². The van der Waals surface area contributed by atoms with E-state index < -0.39 is 53.1 Å². The Morgan fingerprint density at radius 3 is 2.32 bits per heavy atom. The number of hydrogen-bond acceptors (Lipinski definition) is 6. The molecule has 8 nitrogen and oxygen atoms in total. The number of thiazole rings is 1. The summed E-state index contributed by atoms with van der Waals surface area (Å²) < 4.78 is 20.6. The molecule has 0 unspecified atom stereocenters. The van der Waals surface area contributed by atoms with Gasteiger partial charge in [-0.05, 0) is 44.2 Å². The lowest BCUT2D eigenvalue weighted by Crippen LogP contribution is -2.59. The van der Waals surface area contributed by atoms with E-state index in [-0.39, 0.29) is 13.1 Å². The zero-order valence-corrected chi connectivity index (χ0v) is 24.2. The van der Waals surface area contributed by atoms with Crippen LogP contribution in [0.1, 0.15) is 59.7 Å². The summed E-state index contributed by atoms with van der Waals surface area (Å²) in [6.07, 6.45) is -2.27. The van der Waals surface area contributed by atoms with Gasteiger partial charge in [-0.1, -0.05) is 52.0 Å². The van der Waals surface area contributed by atoms with Crippen LogP contribution in [0, 0.1) is 18.3 Å². The first kappa shape index (κ1) is 29.5. The van der Waals surface area contributed by atoms with Gasteiger partial charge in [0, 0.05) is 19.0 Å². The number of rotatable bonds is 6. The number of nitrogens with zero attached hydrogens (tertiary/aromatic N) is 2. The molecule has 38 heavy (non-hydrogen) atoms. The van der Waals surface area contributed by atoms with Gasteiger partial charge in [-0.25, -0.2) is 14.2 Å². The van der Waals surface area contributed by atoms with E-state index in [4.69, 9.17) is 4.74 Å². The predicted octanol–water partition coefficient (Wildman–Crippen LogP) is 4.86. The molecule has 2 heterocycles. The van der Waals surface area contributed by atoms with E-state index in [0.29, 0.717) is 0 Å². The summed E-state index contributed by atoms with van der Waals surface area (Å²) in [5.74, 6) is -1.61. The third-order valence-electron chi connectivity index (χ3n) is 6.42. The number of halogens is 1. The van der Waals surface area contributed by atoms with Crippen molar-refractivity contribution in [3.63, 3.8) is 0 Å². The second-order valence-corrected chi connectivity index (χ2v) is 12.8. The molecule has 0 saturated carbocycles. The summed E-state index contributed by atoms with van der Waals surface area (Å²) in [4.78, 5) is 46.0. The second kappa shape index (κ2) is 11.4. The number of ether oxygens (including phenoxy) is 1. The number of aryl methyl sites for hydroxylation is 1. The molecule has 1 aromatic heterocycles. The Hall–Kier alpha value is -3.01. The Kier molecular flexibility index (Phi) is 8.86. The summed E-state index contributed by atoms with van der Waals surface area (Å²) in [5.41, 5.74) is 3.19. The topological polar surface area (TPSA) is 101 Å². The molecule has 208 valence electrons. The molecule has 2 N–H and O–H groups in total. The van der Waals surface area contributed by atoms with Crippen molar-refractivity contribution < 1.29 is 23.5 Å². The molecule has 2 aromatic rings. The first-order chi connectivity index (χ1) is 17.6. The van der Waals surface area contributed by atoms with Crippen LogP contribution in [0.15, 0.2) is 29.8 Å². The maximum Gasteiger partial charge on any atom is 0.408 e. The van der Waals surface area contributed by atoms with E-state index in [1.54, 1.807) is 65.3 Å². The number of carbonyl (C=O) groups is 3. The van der Waals surface area contributed by atoms with Crippen LogP contribution in [0.25, 0.3) is 10.4 Å². The lowest BCUT2D eigenvalue weighted by atomic mass is 9.85. The minimum Gasteiger partial charge on any atom is -0.444 e. The number of carbonyl (C=O) groups excluding carboxylic acids is 3. The van der Waals surface area contributed by atoms with Crippen molar-refractivity contribution in [3.8, 4) is 10.4 Å². The smallest absolute Gasteiger partial charge is 0.408 e. The summed E-state index contributed by atoms with van der Waals surface area (Å²) in [5, 5.41) is 5.45. The molecule has 10 heteroatoms. The highest BCUT2D eigenvalue weighted by Gasteiger charge is 2.49. The summed E-state index contributed by atoms with van der Waals surface area (Å²) >= 11 is 1.56. The Labute approximate surface area is 228 Å². The van der Waals surface area contributed by atoms with Crippen molar-refractivity contribution in [2.45, 2.75) is 85.8 Å². The van der Waals surface area contributed by atoms with Gasteiger partial charge in [0.15, 0.2) is 0 Å². The third-order valence-corrected chi connectivity index (χ3v) is 7.40. The SMILES string of the molecule is Cc1ncsc1-c1ccc(CNC(=O)[C@@H]2[C@@H](F)[C@@H](C)CN2C(=O)[C@@H](NC(=O)OC(C)(C)C)C(C)(C)C)cc1. The second-order valence-electron chi connectivity index (χ2n) is 12.0. The molecule has 0 radical (unpaired) electrons. The number of aromatic nitrogens is 1. The number of benzene rings is 1. The van der Waals surface area contributed by atoms with Gasteiger partial charge in [-0.2, -0.15) is 0 Å². The fourth-order valence-electron chi connectivity index (χ4n) is 4.41. The average Bonchev–Trinajstić information content (AvgIpc) is 3.36. The van der Waals surface area contributed by atoms with Gasteiger partial charge in [0.25, 0.3) is 0 Å². The Balaban J connectivity index is 1.72. The van der Waals surface area contributed by atoms with Crippen LogP contribution in [0.3, 0.4) is 0 Å². The molecular formula is C28H39FN4O4S. The Morgan fingerprint density at radius 1 is 1.16 bits per heavy atom. The van der Waals surface area contributed by atoms with Crippen molar-refractivity contribution >= 4 is 29.2 Å². The zero-order chi connectivity index (χ0) is 28.4. The third kappa shape index (κ3) is 7.09. The monoisotopic (exact) mass is 546 g/mol.